The van der Waals surface area contributed by atoms with Crippen LogP contribution in [-0.2, 0) is 33.5 Å². The number of benzene rings is 2. The van der Waals surface area contributed by atoms with E-state index in [2.05, 4.69) is 24.7 Å². The average molecular weight is 981 g/mol. The molecule has 1 saturated heterocycles. The molecule has 15 heteroatoms. The van der Waals surface area contributed by atoms with E-state index in [1.165, 1.54) is 0 Å². The van der Waals surface area contributed by atoms with Gasteiger partial charge in [-0.05, 0) is 153 Å². The molecule has 71 heavy (non-hydrogen) atoms. The monoisotopic (exact) mass is 981 g/mol. The van der Waals surface area contributed by atoms with Crippen molar-refractivity contribution in [2.75, 3.05) is 26.9 Å². The van der Waals surface area contributed by atoms with Crippen LogP contribution in [-0.4, -0.2) is 126 Å². The quantitative estimate of drug-likeness (QED) is 0.0601. The standard InChI is InChI=1S/C56H72N2O13/c1-3-8-37-15-17-43(27-40(37)26-41(34-68-2)45(33-60)58-22-19-36(31-57)32-58)70-53-56(67)30-44(46(61)9-7-24-69-47(10-6-23-59)50(71-53)49(62)51(56)63)39-16-18-48-54(20-4-5-21-54)42(29-55(48,66)28-39)25-35-11-13-38(14-12-35)52(64)65/h3,11-15,17,19,22,27,32,39,41-42,44-51,53,59-63,66-67H,1,4-6,8-10,16,18,20-21,23,25-26,28-30,33-34H2,2H3,(H,64,65). The molecule has 8 N–H and O–H groups in total. The second-order valence-electron chi connectivity index (χ2n) is 21.2. The van der Waals surface area contributed by atoms with Gasteiger partial charge in [-0.2, -0.15) is 5.26 Å². The number of carboxylic acid groups (broad SMARTS) is 1. The molecule has 2 aromatic carbocycles. The van der Waals surface area contributed by atoms with Gasteiger partial charge in [0.15, 0.2) is 5.60 Å². The van der Waals surface area contributed by atoms with E-state index < -0.39 is 65.9 Å². The summed E-state index contributed by atoms with van der Waals surface area (Å²) in [7, 11) is 1.58. The summed E-state index contributed by atoms with van der Waals surface area (Å²) in [5, 5.41) is 102. The zero-order valence-corrected chi connectivity index (χ0v) is 40.7. The number of aromatic carboxylic acids is 1. The van der Waals surface area contributed by atoms with Gasteiger partial charge in [-0.3, -0.25) is 0 Å². The summed E-state index contributed by atoms with van der Waals surface area (Å²) in [4.78, 5) is 11.6. The van der Waals surface area contributed by atoms with Crippen molar-refractivity contribution in [3.63, 3.8) is 0 Å². The number of fused-ring (bicyclic) bond motifs is 10. The predicted molar refractivity (Wildman–Crippen MR) is 261 cm³/mol. The SMILES string of the molecule is C=CCc1ccc(OC2OC3C(CCCO)OC#CCC(O)C(C4CCC5C(O)(C4)CC(Cc4ccc(C(=O)O)cc4)C54CCCC4)CC2(O)C(O)C3O)cc1CC(COC)C(CO)n1ccc(C#N)c1. The summed E-state index contributed by atoms with van der Waals surface area (Å²) in [5.41, 5.74) is -0.0707. The molecule has 3 aliphatic heterocycles. The van der Waals surface area contributed by atoms with Gasteiger partial charge in [-0.1, -0.05) is 43.0 Å². The van der Waals surface area contributed by atoms with Crippen molar-refractivity contribution < 1.29 is 64.6 Å². The number of ether oxygens (including phenoxy) is 4. The van der Waals surface area contributed by atoms with Crippen molar-refractivity contribution in [1.29, 1.82) is 5.26 Å². The highest BCUT2D eigenvalue weighted by Crippen LogP contribution is 2.67. The topological polar surface area (TPSA) is 245 Å². The van der Waals surface area contributed by atoms with Crippen molar-refractivity contribution in [2.24, 2.45) is 35.0 Å². The number of aliphatic hydroxyl groups excluding tert-OH is 5. The van der Waals surface area contributed by atoms with Gasteiger partial charge in [0.2, 0.25) is 6.29 Å². The molecule has 6 aliphatic rings. The molecule has 9 rings (SSSR count). The number of allylic oxidation sites excluding steroid dienone is 1. The minimum atomic E-state index is -2.32. The zero-order chi connectivity index (χ0) is 50.5. The minimum absolute atomic E-state index is 0.00235. The summed E-state index contributed by atoms with van der Waals surface area (Å²) in [6, 6.07) is 15.8. The highest BCUT2D eigenvalue weighted by Gasteiger charge is 2.65. The number of hydrogen-bond donors (Lipinski definition) is 8. The first-order valence-electron chi connectivity index (χ1n) is 25.5. The first kappa shape index (κ1) is 52.5. The Kier molecular flexibility index (Phi) is 16.7. The Bertz CT molecular complexity index is 2400. The second-order valence-corrected chi connectivity index (χ2v) is 21.2. The molecule has 2 bridgehead atoms. The molecule has 0 amide bonds. The maximum Gasteiger partial charge on any atom is 0.335 e. The van der Waals surface area contributed by atoms with Crippen LogP contribution in [0.4, 0.5) is 0 Å². The van der Waals surface area contributed by atoms with Gasteiger partial charge in [-0.15, -0.1) is 6.58 Å². The van der Waals surface area contributed by atoms with Gasteiger partial charge in [0, 0.05) is 38.4 Å². The average Bonchev–Trinajstić information content (AvgIpc) is 4.10. The fourth-order valence-electron chi connectivity index (χ4n) is 13.7. The summed E-state index contributed by atoms with van der Waals surface area (Å²) in [6.45, 7) is 3.81. The number of carboxylic acids is 1. The van der Waals surface area contributed by atoms with Crippen LogP contribution < -0.4 is 4.74 Å². The van der Waals surface area contributed by atoms with Crippen LogP contribution in [0.15, 0.2) is 73.6 Å². The summed E-state index contributed by atoms with van der Waals surface area (Å²) < 4.78 is 26.7. The van der Waals surface area contributed by atoms with Crippen LogP contribution in [0.25, 0.3) is 0 Å². The van der Waals surface area contributed by atoms with Crippen LogP contribution in [0.1, 0.15) is 116 Å². The minimum Gasteiger partial charge on any atom is -0.478 e. The third-order valence-electron chi connectivity index (χ3n) is 17.2. The van der Waals surface area contributed by atoms with E-state index in [4.69, 9.17) is 18.9 Å². The highest BCUT2D eigenvalue weighted by molar-refractivity contribution is 5.87. The summed E-state index contributed by atoms with van der Waals surface area (Å²) in [5.74, 6) is 0.997. The van der Waals surface area contributed by atoms with Crippen molar-refractivity contribution >= 4 is 5.97 Å². The number of methoxy groups -OCH3 is 1. The fourth-order valence-corrected chi connectivity index (χ4v) is 13.7. The van der Waals surface area contributed by atoms with Gasteiger partial charge in [-0.25, -0.2) is 4.79 Å². The smallest absolute Gasteiger partial charge is 0.335 e. The van der Waals surface area contributed by atoms with E-state index in [0.717, 1.165) is 42.4 Å². The number of aromatic nitrogens is 1. The van der Waals surface area contributed by atoms with Crippen LogP contribution in [0.2, 0.25) is 0 Å². The third-order valence-corrected chi connectivity index (χ3v) is 17.2. The molecule has 4 fully saturated rings. The van der Waals surface area contributed by atoms with Crippen molar-refractivity contribution in [2.45, 2.75) is 150 Å². The van der Waals surface area contributed by atoms with Crippen molar-refractivity contribution in [3.8, 4) is 23.8 Å². The molecule has 15 nitrogen and oxygen atoms in total. The van der Waals surface area contributed by atoms with E-state index >= 15 is 0 Å². The molecule has 4 heterocycles. The zero-order valence-electron chi connectivity index (χ0n) is 40.7. The molecular formula is C56H72N2O13. The Balaban J connectivity index is 1.12. The Morgan fingerprint density at radius 1 is 1.04 bits per heavy atom. The molecular weight excluding hydrogens is 909 g/mol. The lowest BCUT2D eigenvalue weighted by Crippen LogP contribution is -2.70. The van der Waals surface area contributed by atoms with E-state index in [1.54, 1.807) is 49.8 Å². The van der Waals surface area contributed by atoms with Crippen molar-refractivity contribution in [1.82, 2.24) is 4.57 Å². The molecule has 14 unspecified atom stereocenters. The number of carbonyl (C=O) groups is 1. The lowest BCUT2D eigenvalue weighted by molar-refractivity contribution is -0.334. The molecule has 1 spiro atoms. The first-order valence-corrected chi connectivity index (χ1v) is 25.5. The summed E-state index contributed by atoms with van der Waals surface area (Å²) >= 11 is 0. The second kappa shape index (κ2) is 22.5. The number of aliphatic hydroxyl groups is 7. The molecule has 384 valence electrons. The van der Waals surface area contributed by atoms with E-state index in [-0.39, 0.29) is 85.9 Å². The number of nitrogens with zero attached hydrogens (tertiary/aromatic N) is 2. The molecule has 3 aromatic rings. The molecule has 3 aliphatic carbocycles. The van der Waals surface area contributed by atoms with E-state index in [0.29, 0.717) is 50.5 Å². The van der Waals surface area contributed by atoms with Crippen LogP contribution in [0, 0.1) is 58.4 Å². The largest absolute Gasteiger partial charge is 0.478 e. The molecule has 1 aromatic heterocycles. The maximum absolute atomic E-state index is 13.1. The van der Waals surface area contributed by atoms with Crippen LogP contribution in [0.3, 0.4) is 0 Å². The predicted octanol–water partition coefficient (Wildman–Crippen LogP) is 5.24. The Morgan fingerprint density at radius 3 is 2.49 bits per heavy atom. The summed E-state index contributed by atoms with van der Waals surface area (Å²) in [6.07, 6.45) is 7.37. The number of rotatable bonds is 18. The number of hydrogen-bond acceptors (Lipinski definition) is 13. The molecule has 14 atom stereocenters. The Morgan fingerprint density at radius 2 is 1.82 bits per heavy atom. The highest BCUT2D eigenvalue weighted by atomic mass is 16.7. The lowest BCUT2D eigenvalue weighted by atomic mass is 9.59. The van der Waals surface area contributed by atoms with Gasteiger partial charge in [0.05, 0.1) is 42.1 Å². The van der Waals surface area contributed by atoms with Crippen LogP contribution in [0.5, 0.6) is 5.75 Å². The lowest BCUT2D eigenvalue weighted by Gasteiger charge is -2.52. The first-order chi connectivity index (χ1) is 34.2. The van der Waals surface area contributed by atoms with E-state index in [1.807, 2.05) is 28.8 Å². The fraction of sp³-hybridized carbons (Fsp3) is 0.607. The molecule has 3 saturated carbocycles. The Labute approximate surface area is 416 Å². The normalized spacial score (nSPS) is 33.1. The number of nitriles is 1. The maximum atomic E-state index is 13.1. The van der Waals surface area contributed by atoms with Gasteiger partial charge < -0.3 is 64.4 Å². The van der Waals surface area contributed by atoms with Crippen LogP contribution >= 0.6 is 0 Å². The van der Waals surface area contributed by atoms with Gasteiger partial charge in [0.1, 0.15) is 42.3 Å². The third kappa shape index (κ3) is 10.8. The van der Waals surface area contributed by atoms with Gasteiger partial charge >= 0.3 is 5.97 Å². The Hall–Kier alpha value is -4.78. The molecule has 0 radical (unpaired) electrons. The van der Waals surface area contributed by atoms with Crippen molar-refractivity contribution in [3.05, 3.63) is 101 Å². The van der Waals surface area contributed by atoms with Gasteiger partial charge in [0.25, 0.3) is 0 Å². The van der Waals surface area contributed by atoms with E-state index in [9.17, 15) is 50.9 Å².